The lowest BCUT2D eigenvalue weighted by atomic mass is 9.75. The normalized spacial score (nSPS) is 17.8. The molecule has 0 bridgehead atoms. The van der Waals surface area contributed by atoms with E-state index >= 15 is 0 Å². The van der Waals surface area contributed by atoms with Crippen LogP contribution in [0, 0.1) is 11.3 Å². The number of hydrogen-bond acceptors (Lipinski definition) is 3. The first-order valence-electron chi connectivity index (χ1n) is 7.54. The fourth-order valence-corrected chi connectivity index (χ4v) is 2.79. The second-order valence-electron chi connectivity index (χ2n) is 6.70. The Bertz CT molecular complexity index is 266. The summed E-state index contributed by atoms with van der Waals surface area (Å²) in [5.41, 5.74) is 0.372. The van der Waals surface area contributed by atoms with Crippen LogP contribution >= 0.6 is 0 Å². The Hall–Kier alpha value is -0.610. The quantitative estimate of drug-likeness (QED) is 0.596. The lowest BCUT2D eigenvalue weighted by molar-refractivity contribution is -0.133. The van der Waals surface area contributed by atoms with Crippen molar-refractivity contribution >= 4 is 5.91 Å². The van der Waals surface area contributed by atoms with Crippen LogP contribution in [0.5, 0.6) is 0 Å². The number of amides is 1. The zero-order valence-corrected chi connectivity index (χ0v) is 12.8. The zero-order chi connectivity index (χ0) is 14.3. The van der Waals surface area contributed by atoms with E-state index in [0.717, 1.165) is 51.1 Å². The molecule has 4 nitrogen and oxygen atoms in total. The predicted octanol–water partition coefficient (Wildman–Crippen LogP) is 2.72. The van der Waals surface area contributed by atoms with Gasteiger partial charge < -0.3 is 9.74 Å². The first kappa shape index (κ1) is 16.4. The van der Waals surface area contributed by atoms with Crippen molar-refractivity contribution in [3.8, 4) is 0 Å². The standard InChI is InChI=1S/C15H30N2O2/c1-15(2,3)13-8-10-17(11-9-13)14(18)7-5-4-6-12-19-16/h13H,4-12,16H2,1-3H3. The Morgan fingerprint density at radius 2 is 1.84 bits per heavy atom. The number of unbranched alkanes of at least 4 members (excludes halogenated alkanes) is 2. The summed E-state index contributed by atoms with van der Waals surface area (Å²) in [4.78, 5) is 18.6. The summed E-state index contributed by atoms with van der Waals surface area (Å²) < 4.78 is 0. The molecular formula is C15H30N2O2. The molecule has 1 heterocycles. The van der Waals surface area contributed by atoms with Crippen molar-refractivity contribution in [1.82, 2.24) is 4.90 Å². The van der Waals surface area contributed by atoms with Gasteiger partial charge >= 0.3 is 0 Å². The van der Waals surface area contributed by atoms with Crippen LogP contribution in [0.2, 0.25) is 0 Å². The number of nitrogens with zero attached hydrogens (tertiary/aromatic N) is 1. The van der Waals surface area contributed by atoms with Crippen molar-refractivity contribution in [3.05, 3.63) is 0 Å². The second kappa shape index (κ2) is 7.85. The molecule has 0 saturated carbocycles. The largest absolute Gasteiger partial charge is 0.343 e. The van der Waals surface area contributed by atoms with Crippen molar-refractivity contribution in [2.75, 3.05) is 19.7 Å². The molecule has 1 fully saturated rings. The second-order valence-corrected chi connectivity index (χ2v) is 6.70. The average Bonchev–Trinajstić information content (AvgIpc) is 2.37. The summed E-state index contributed by atoms with van der Waals surface area (Å²) in [6, 6.07) is 0. The van der Waals surface area contributed by atoms with Crippen molar-refractivity contribution in [3.63, 3.8) is 0 Å². The van der Waals surface area contributed by atoms with Crippen LogP contribution in [-0.4, -0.2) is 30.5 Å². The van der Waals surface area contributed by atoms with Crippen LogP contribution in [0.25, 0.3) is 0 Å². The molecule has 0 aromatic carbocycles. The number of piperidine rings is 1. The Morgan fingerprint density at radius 1 is 1.21 bits per heavy atom. The van der Waals surface area contributed by atoms with Crippen molar-refractivity contribution in [2.24, 2.45) is 17.2 Å². The number of carbonyl (C=O) groups excluding carboxylic acids is 1. The first-order chi connectivity index (χ1) is 8.95. The molecule has 0 radical (unpaired) electrons. The molecule has 0 aromatic rings. The fraction of sp³-hybridized carbons (Fsp3) is 0.933. The zero-order valence-electron chi connectivity index (χ0n) is 12.8. The molecule has 2 N–H and O–H groups in total. The van der Waals surface area contributed by atoms with Crippen molar-refractivity contribution in [1.29, 1.82) is 0 Å². The van der Waals surface area contributed by atoms with Crippen LogP contribution in [0.4, 0.5) is 0 Å². The highest BCUT2D eigenvalue weighted by atomic mass is 16.6. The van der Waals surface area contributed by atoms with Crippen molar-refractivity contribution in [2.45, 2.75) is 59.3 Å². The maximum absolute atomic E-state index is 12.1. The van der Waals surface area contributed by atoms with E-state index in [1.54, 1.807) is 0 Å². The van der Waals surface area contributed by atoms with Crippen LogP contribution < -0.4 is 5.90 Å². The lowest BCUT2D eigenvalue weighted by Gasteiger charge is -2.38. The number of carbonyl (C=O) groups is 1. The van der Waals surface area contributed by atoms with Gasteiger partial charge in [-0.3, -0.25) is 4.79 Å². The minimum atomic E-state index is 0.320. The van der Waals surface area contributed by atoms with Gasteiger partial charge in [0.05, 0.1) is 6.61 Å². The van der Waals surface area contributed by atoms with Crippen LogP contribution in [0.15, 0.2) is 0 Å². The lowest BCUT2D eigenvalue weighted by Crippen LogP contribution is -2.41. The molecule has 112 valence electrons. The van der Waals surface area contributed by atoms with Gasteiger partial charge in [0.15, 0.2) is 0 Å². The van der Waals surface area contributed by atoms with Gasteiger partial charge in [-0.25, -0.2) is 5.90 Å². The van der Waals surface area contributed by atoms with Gasteiger partial charge in [0.25, 0.3) is 0 Å². The van der Waals surface area contributed by atoms with Gasteiger partial charge in [-0.15, -0.1) is 0 Å². The molecule has 1 aliphatic heterocycles. The molecule has 0 atom stereocenters. The molecular weight excluding hydrogens is 240 g/mol. The van der Waals surface area contributed by atoms with Gasteiger partial charge in [0.2, 0.25) is 5.91 Å². The summed E-state index contributed by atoms with van der Waals surface area (Å²) in [6.45, 7) is 9.36. The summed E-state index contributed by atoms with van der Waals surface area (Å²) in [5, 5.41) is 0. The molecule has 1 amide bonds. The highest BCUT2D eigenvalue weighted by Gasteiger charge is 2.29. The fourth-order valence-electron chi connectivity index (χ4n) is 2.79. The van der Waals surface area contributed by atoms with E-state index in [-0.39, 0.29) is 0 Å². The summed E-state index contributed by atoms with van der Waals surface area (Å²) in [6.07, 6.45) is 5.87. The minimum absolute atomic E-state index is 0.320. The summed E-state index contributed by atoms with van der Waals surface area (Å²) in [5.74, 6) is 6.03. The molecule has 0 unspecified atom stereocenters. The molecule has 0 spiro atoms. The minimum Gasteiger partial charge on any atom is -0.343 e. The Labute approximate surface area is 117 Å². The van der Waals surface area contributed by atoms with Crippen LogP contribution in [0.1, 0.15) is 59.3 Å². The monoisotopic (exact) mass is 270 g/mol. The first-order valence-corrected chi connectivity index (χ1v) is 7.54. The maximum atomic E-state index is 12.1. The van der Waals surface area contributed by atoms with Gasteiger partial charge in [-0.05, 0) is 37.0 Å². The third-order valence-corrected chi connectivity index (χ3v) is 4.23. The third kappa shape index (κ3) is 5.91. The number of likely N-dealkylation sites (tertiary alicyclic amines) is 1. The van der Waals surface area contributed by atoms with Gasteiger partial charge in [0, 0.05) is 19.5 Å². The number of hydrogen-bond donors (Lipinski definition) is 1. The highest BCUT2D eigenvalue weighted by Crippen LogP contribution is 2.34. The van der Waals surface area contributed by atoms with Crippen molar-refractivity contribution < 1.29 is 9.63 Å². The van der Waals surface area contributed by atoms with E-state index in [1.807, 2.05) is 4.90 Å². The average molecular weight is 270 g/mol. The predicted molar refractivity (Wildman–Crippen MR) is 77.4 cm³/mol. The van der Waals surface area contributed by atoms with E-state index in [0.29, 0.717) is 24.3 Å². The maximum Gasteiger partial charge on any atom is 0.222 e. The van der Waals surface area contributed by atoms with Gasteiger partial charge in [0.1, 0.15) is 0 Å². The molecule has 0 aromatic heterocycles. The van der Waals surface area contributed by atoms with E-state index in [9.17, 15) is 4.79 Å². The summed E-state index contributed by atoms with van der Waals surface area (Å²) >= 11 is 0. The molecule has 0 aliphatic carbocycles. The molecule has 1 rings (SSSR count). The Balaban J connectivity index is 2.18. The molecule has 1 aliphatic rings. The number of rotatable bonds is 6. The van der Waals surface area contributed by atoms with Gasteiger partial charge in [-0.2, -0.15) is 0 Å². The topological polar surface area (TPSA) is 55.6 Å². The van der Waals surface area contributed by atoms with Crippen LogP contribution in [-0.2, 0) is 9.63 Å². The van der Waals surface area contributed by atoms with Gasteiger partial charge in [-0.1, -0.05) is 27.2 Å². The smallest absolute Gasteiger partial charge is 0.222 e. The van der Waals surface area contributed by atoms with E-state index in [1.165, 1.54) is 0 Å². The third-order valence-electron chi connectivity index (χ3n) is 4.23. The number of nitrogens with two attached hydrogens (primary N) is 1. The Morgan fingerprint density at radius 3 is 2.37 bits per heavy atom. The van der Waals surface area contributed by atoms with E-state index < -0.39 is 0 Å². The molecule has 19 heavy (non-hydrogen) atoms. The van der Waals surface area contributed by atoms with Crippen LogP contribution in [0.3, 0.4) is 0 Å². The highest BCUT2D eigenvalue weighted by molar-refractivity contribution is 5.76. The summed E-state index contributed by atoms with van der Waals surface area (Å²) in [7, 11) is 0. The molecule has 4 heteroatoms. The van der Waals surface area contributed by atoms with E-state index in [4.69, 9.17) is 5.90 Å². The SMILES string of the molecule is CC(C)(C)C1CCN(C(=O)CCCCCON)CC1. The van der Waals surface area contributed by atoms with E-state index in [2.05, 4.69) is 25.6 Å². The molecule has 1 saturated heterocycles. The Kier molecular flexibility index (Phi) is 6.80.